The summed E-state index contributed by atoms with van der Waals surface area (Å²) in [5.74, 6) is -1.39. The molecule has 4 saturated heterocycles. The molecule has 0 bridgehead atoms. The van der Waals surface area contributed by atoms with Crippen molar-refractivity contribution >= 4 is 5.97 Å². The molecule has 9 rings (SSSR count). The third-order valence-corrected chi connectivity index (χ3v) is 21.5. The maximum absolute atomic E-state index is 13.3. The van der Waals surface area contributed by atoms with Crippen LogP contribution in [-0.4, -0.2) is 232 Å². The van der Waals surface area contributed by atoms with Gasteiger partial charge in [-0.25, -0.2) is 4.79 Å². The van der Waals surface area contributed by atoms with E-state index in [0.717, 1.165) is 38.5 Å². The predicted octanol–water partition coefficient (Wildman–Crippen LogP) is -1.47. The molecule has 29 atom stereocenters. The average molecular weight is 1110 g/mol. The van der Waals surface area contributed by atoms with Crippen LogP contribution in [0.15, 0.2) is 11.6 Å². The van der Waals surface area contributed by atoms with Crippen molar-refractivity contribution in [3.05, 3.63) is 11.6 Å². The van der Waals surface area contributed by atoms with Gasteiger partial charge in [-0.05, 0) is 110 Å². The number of rotatable bonds is 12. The molecule has 23 nitrogen and oxygen atoms in total. The summed E-state index contributed by atoms with van der Waals surface area (Å²) in [6.45, 7) is 15.7. The number of fused-ring (bicyclic) bond motifs is 7. The molecule has 9 aliphatic rings. The molecule has 442 valence electrons. The Balaban J connectivity index is 0.970. The molecule has 5 aliphatic carbocycles. The van der Waals surface area contributed by atoms with Crippen molar-refractivity contribution in [1.82, 2.24) is 0 Å². The van der Waals surface area contributed by atoms with Crippen LogP contribution in [-0.2, 0) is 42.7 Å². The van der Waals surface area contributed by atoms with Crippen LogP contribution in [0.5, 0.6) is 0 Å². The smallest absolute Gasteiger partial charge is 0.335 e. The molecular formula is C54H88O23. The number of aliphatic hydroxyl groups is 13. The van der Waals surface area contributed by atoms with Crippen LogP contribution in [0.1, 0.15) is 113 Å². The molecule has 4 aliphatic heterocycles. The Morgan fingerprint density at radius 1 is 0.610 bits per heavy atom. The van der Waals surface area contributed by atoms with Gasteiger partial charge in [0.1, 0.15) is 85.5 Å². The number of aliphatic hydroxyl groups excluding tert-OH is 13. The maximum Gasteiger partial charge on any atom is 0.335 e. The van der Waals surface area contributed by atoms with E-state index >= 15 is 0 Å². The second-order valence-electron chi connectivity index (χ2n) is 26.5. The Morgan fingerprint density at radius 2 is 1.21 bits per heavy atom. The predicted molar refractivity (Wildman–Crippen MR) is 263 cm³/mol. The third kappa shape index (κ3) is 9.80. The van der Waals surface area contributed by atoms with Crippen LogP contribution in [0.4, 0.5) is 0 Å². The minimum absolute atomic E-state index is 0.0357. The summed E-state index contributed by atoms with van der Waals surface area (Å²) < 4.78 is 47.8. The highest BCUT2D eigenvalue weighted by Gasteiger charge is 2.70. The molecule has 4 heterocycles. The topological polar surface area (TPSA) is 374 Å². The molecule has 0 aromatic carbocycles. The Labute approximate surface area is 449 Å². The summed E-state index contributed by atoms with van der Waals surface area (Å²) >= 11 is 0. The summed E-state index contributed by atoms with van der Waals surface area (Å²) in [4.78, 5) is 13.3. The normalized spacial score (nSPS) is 54.5. The second kappa shape index (κ2) is 21.5. The van der Waals surface area contributed by atoms with E-state index in [1.807, 2.05) is 0 Å². The fourth-order valence-electron chi connectivity index (χ4n) is 16.5. The molecule has 3 unspecified atom stereocenters. The largest absolute Gasteiger partial charge is 0.479 e. The van der Waals surface area contributed by atoms with E-state index in [4.69, 9.17) is 37.9 Å². The first-order valence-corrected chi connectivity index (χ1v) is 27.8. The van der Waals surface area contributed by atoms with Crippen LogP contribution < -0.4 is 0 Å². The minimum Gasteiger partial charge on any atom is -0.479 e. The zero-order chi connectivity index (χ0) is 56.4. The van der Waals surface area contributed by atoms with Gasteiger partial charge < -0.3 is 109 Å². The van der Waals surface area contributed by atoms with Crippen molar-refractivity contribution in [3.8, 4) is 0 Å². The van der Waals surface area contributed by atoms with Crippen LogP contribution in [0.3, 0.4) is 0 Å². The number of hydrogen-bond donors (Lipinski definition) is 14. The van der Waals surface area contributed by atoms with E-state index in [9.17, 15) is 76.3 Å². The number of hydrogen-bond acceptors (Lipinski definition) is 22. The summed E-state index contributed by atoms with van der Waals surface area (Å²) in [5.41, 5.74) is -0.601. The quantitative estimate of drug-likeness (QED) is 0.0783. The SMILES string of the molecule is C[C@@H]1O[C@H](O[C@H]2[C@H](O[C@H]3CC[C@@]4(C)C(CC[C@]5(C)C4CC=C4C6CC(C)(C)CC[C@]6(CO)[C@H](O)C[C@]45C)C3(C)C)O[C@H](C(=O)O)[C@H](O[C@@H]3O[C@H](CO[C@@H]4O[C@H](CO)[C@@H](O)[C@H](O)[C@H]4O)[C@H](O)[C@H](O)[C@H]3O)[C@@H]2O)[C@H](O)[C@H](O)[C@H]1O. The van der Waals surface area contributed by atoms with Crippen molar-refractivity contribution in [3.63, 3.8) is 0 Å². The first kappa shape index (κ1) is 60.0. The Hall–Kier alpha value is -1.63. The van der Waals surface area contributed by atoms with Crippen molar-refractivity contribution in [1.29, 1.82) is 0 Å². The number of carboxylic acid groups (broad SMARTS) is 1. The lowest BCUT2D eigenvalue weighted by atomic mass is 9.33. The molecule has 0 aromatic rings. The number of carboxylic acids is 1. The fourth-order valence-corrected chi connectivity index (χ4v) is 16.5. The molecule has 0 aromatic heterocycles. The van der Waals surface area contributed by atoms with Gasteiger partial charge in [-0.3, -0.25) is 0 Å². The van der Waals surface area contributed by atoms with Crippen molar-refractivity contribution in [2.45, 2.75) is 248 Å². The minimum atomic E-state index is -2.11. The first-order valence-electron chi connectivity index (χ1n) is 27.8. The highest BCUT2D eigenvalue weighted by atomic mass is 16.8. The zero-order valence-electron chi connectivity index (χ0n) is 45.4. The summed E-state index contributed by atoms with van der Waals surface area (Å²) in [6, 6.07) is 0. The average Bonchev–Trinajstić information content (AvgIpc) is 3.45. The molecule has 14 N–H and O–H groups in total. The lowest BCUT2D eigenvalue weighted by Crippen LogP contribution is -2.69. The molecular weight excluding hydrogens is 1020 g/mol. The number of allylic oxidation sites excluding steroid dienone is 2. The Kier molecular flexibility index (Phi) is 16.8. The van der Waals surface area contributed by atoms with Gasteiger partial charge in [0.05, 0.1) is 38.1 Å². The lowest BCUT2D eigenvalue weighted by Gasteiger charge is -2.72. The van der Waals surface area contributed by atoms with E-state index in [1.54, 1.807) is 0 Å². The molecule has 8 fully saturated rings. The van der Waals surface area contributed by atoms with E-state index in [1.165, 1.54) is 12.5 Å². The Morgan fingerprint density at radius 3 is 1.84 bits per heavy atom. The van der Waals surface area contributed by atoms with Gasteiger partial charge in [-0.1, -0.05) is 60.1 Å². The first-order chi connectivity index (χ1) is 35.9. The monoisotopic (exact) mass is 1100 g/mol. The van der Waals surface area contributed by atoms with Gasteiger partial charge in [0.2, 0.25) is 0 Å². The van der Waals surface area contributed by atoms with Gasteiger partial charge in [-0.2, -0.15) is 0 Å². The molecule has 77 heavy (non-hydrogen) atoms. The molecule has 0 spiro atoms. The zero-order valence-corrected chi connectivity index (χ0v) is 45.4. The summed E-state index contributed by atoms with van der Waals surface area (Å²) in [6.07, 6.45) is -28.2. The summed E-state index contributed by atoms with van der Waals surface area (Å²) in [7, 11) is 0. The van der Waals surface area contributed by atoms with Gasteiger partial charge in [-0.15, -0.1) is 0 Å². The molecule has 0 amide bonds. The molecule has 0 radical (unpaired) electrons. The second-order valence-corrected chi connectivity index (χ2v) is 26.5. The fraction of sp³-hybridized carbons (Fsp3) is 0.944. The van der Waals surface area contributed by atoms with E-state index in [0.29, 0.717) is 19.3 Å². The van der Waals surface area contributed by atoms with E-state index < -0.39 is 165 Å². The van der Waals surface area contributed by atoms with Crippen LogP contribution in [0.2, 0.25) is 0 Å². The van der Waals surface area contributed by atoms with Gasteiger partial charge in [0.25, 0.3) is 0 Å². The maximum atomic E-state index is 13.3. The van der Waals surface area contributed by atoms with E-state index in [-0.39, 0.29) is 46.0 Å². The van der Waals surface area contributed by atoms with Gasteiger partial charge in [0, 0.05) is 5.41 Å². The molecule has 23 heteroatoms. The van der Waals surface area contributed by atoms with Gasteiger partial charge in [0.15, 0.2) is 31.3 Å². The highest BCUT2D eigenvalue weighted by molar-refractivity contribution is 5.73. The van der Waals surface area contributed by atoms with Crippen molar-refractivity contribution in [2.24, 2.45) is 50.2 Å². The summed E-state index contributed by atoms with van der Waals surface area (Å²) in [5, 5.41) is 153. The van der Waals surface area contributed by atoms with Crippen LogP contribution in [0.25, 0.3) is 0 Å². The number of aliphatic carboxylic acids is 1. The van der Waals surface area contributed by atoms with Crippen molar-refractivity contribution in [2.75, 3.05) is 19.8 Å². The van der Waals surface area contributed by atoms with Crippen LogP contribution in [0, 0.1) is 50.2 Å². The van der Waals surface area contributed by atoms with Crippen molar-refractivity contribution < 1.29 is 114 Å². The third-order valence-electron chi connectivity index (χ3n) is 21.5. The molecule has 4 saturated carbocycles. The van der Waals surface area contributed by atoms with E-state index in [2.05, 4.69) is 54.5 Å². The Bertz CT molecular complexity index is 2130. The van der Waals surface area contributed by atoms with Crippen LogP contribution >= 0.6 is 0 Å². The standard InChI is InChI=1S/C54H88O23/c1-22-31(58)34(61)38(65)46(71-22)76-42-40(67)41(75-47-39(66)36(63)33(60)26(73-47)20-70-45-37(64)35(62)32(59)25(19-55)72-45)43(44(68)69)77-48(42)74-30-12-13-51(6)27(50(30,4)5)11-14-52(7)28(51)10-9-23-24-17-49(2,3)15-16-54(24,21-56)29(57)18-53(23,52)8/h9,22,24-43,45-48,55-67H,10-21H2,1-8H3,(H,68,69)/t22-,24?,25+,26+,27?,28?,29+,30-,31-,32+,33-,34+,35-,36-,37+,38+,39+,40-,41+,42+,43-,45+,46+,47-,48+,51-,52+,53+,54+/m0/s1. The van der Waals surface area contributed by atoms with Gasteiger partial charge >= 0.3 is 5.97 Å². The lowest BCUT2D eigenvalue weighted by molar-refractivity contribution is -0.391. The highest BCUT2D eigenvalue weighted by Crippen LogP contribution is 2.76. The number of carbonyl (C=O) groups is 1. The number of ether oxygens (including phenoxy) is 8.